The molecule has 1 heterocycles. The van der Waals surface area contributed by atoms with Gasteiger partial charge in [-0.1, -0.05) is 6.07 Å². The lowest BCUT2D eigenvalue weighted by Gasteiger charge is -2.12. The van der Waals surface area contributed by atoms with Gasteiger partial charge in [0.2, 0.25) is 0 Å². The molecule has 0 aliphatic carbocycles. The van der Waals surface area contributed by atoms with Gasteiger partial charge in [0.05, 0.1) is 6.10 Å². The molecule has 0 aromatic heterocycles. The van der Waals surface area contributed by atoms with Crippen LogP contribution in [0.25, 0.3) is 0 Å². The summed E-state index contributed by atoms with van der Waals surface area (Å²) in [7, 11) is 0. The van der Waals surface area contributed by atoms with Crippen molar-refractivity contribution in [2.45, 2.75) is 18.9 Å². The van der Waals surface area contributed by atoms with Crippen molar-refractivity contribution in [2.75, 3.05) is 18.9 Å². The molecule has 3 nitrogen and oxygen atoms in total. The van der Waals surface area contributed by atoms with Gasteiger partial charge < -0.3 is 15.2 Å². The van der Waals surface area contributed by atoms with Crippen LogP contribution in [-0.4, -0.2) is 19.3 Å². The Hall–Kier alpha value is -1.29. The molecule has 1 saturated heterocycles. The molecule has 0 amide bonds. The first-order chi connectivity index (χ1) is 7.27. The fourth-order valence-electron chi connectivity index (χ4n) is 1.60. The van der Waals surface area contributed by atoms with E-state index in [-0.39, 0.29) is 11.8 Å². The van der Waals surface area contributed by atoms with Crippen LogP contribution in [0, 0.1) is 5.82 Å². The van der Waals surface area contributed by atoms with Gasteiger partial charge in [0.15, 0.2) is 0 Å². The first-order valence-corrected chi connectivity index (χ1v) is 5.06. The summed E-state index contributed by atoms with van der Waals surface area (Å²) in [6, 6.07) is 4.55. The number of hydrogen-bond acceptors (Lipinski definition) is 3. The lowest BCUT2D eigenvalue weighted by molar-refractivity contribution is 0.0681. The van der Waals surface area contributed by atoms with Crippen LogP contribution in [0.5, 0.6) is 5.75 Å². The Bertz CT molecular complexity index is 337. The molecule has 2 N–H and O–H groups in total. The van der Waals surface area contributed by atoms with Gasteiger partial charge in [0.25, 0.3) is 0 Å². The van der Waals surface area contributed by atoms with Crippen LogP contribution in [0.4, 0.5) is 10.1 Å². The second-order valence-electron chi connectivity index (χ2n) is 3.60. The predicted octanol–water partition coefficient (Wildman–Crippen LogP) is 1.97. The molecule has 1 atom stereocenters. The van der Waals surface area contributed by atoms with Crippen molar-refractivity contribution in [3.05, 3.63) is 24.0 Å². The third-order valence-electron chi connectivity index (χ3n) is 2.46. The molecule has 0 saturated carbocycles. The number of nitrogens with two attached hydrogens (primary N) is 1. The summed E-state index contributed by atoms with van der Waals surface area (Å²) in [5, 5.41) is 0. The van der Waals surface area contributed by atoms with Gasteiger partial charge in [-0.05, 0) is 25.0 Å². The number of para-hydroxylation sites is 1. The minimum absolute atomic E-state index is 0.0653. The summed E-state index contributed by atoms with van der Waals surface area (Å²) in [5.74, 6) is -0.0506. The Morgan fingerprint density at radius 2 is 2.40 bits per heavy atom. The number of anilines is 1. The molecule has 1 fully saturated rings. The minimum Gasteiger partial charge on any atom is -0.489 e. The minimum atomic E-state index is -0.445. The van der Waals surface area contributed by atoms with E-state index in [1.807, 2.05) is 0 Å². The van der Waals surface area contributed by atoms with E-state index < -0.39 is 5.82 Å². The third kappa shape index (κ3) is 2.39. The summed E-state index contributed by atoms with van der Waals surface area (Å²) in [6.45, 7) is 1.22. The average molecular weight is 211 g/mol. The van der Waals surface area contributed by atoms with Crippen molar-refractivity contribution in [3.8, 4) is 5.75 Å². The fraction of sp³-hybridized carbons (Fsp3) is 0.455. The van der Waals surface area contributed by atoms with Crippen LogP contribution in [-0.2, 0) is 4.74 Å². The zero-order chi connectivity index (χ0) is 10.7. The van der Waals surface area contributed by atoms with E-state index in [2.05, 4.69) is 0 Å². The Balaban J connectivity index is 1.95. The summed E-state index contributed by atoms with van der Waals surface area (Å²) < 4.78 is 23.8. The zero-order valence-electron chi connectivity index (χ0n) is 8.41. The van der Waals surface area contributed by atoms with Crippen molar-refractivity contribution >= 4 is 5.69 Å². The van der Waals surface area contributed by atoms with E-state index in [1.54, 1.807) is 12.1 Å². The predicted molar refractivity (Wildman–Crippen MR) is 55.3 cm³/mol. The van der Waals surface area contributed by atoms with Gasteiger partial charge in [-0.15, -0.1) is 0 Å². The molecule has 1 aromatic rings. The molecule has 0 radical (unpaired) electrons. The van der Waals surface area contributed by atoms with E-state index in [0.29, 0.717) is 12.4 Å². The maximum absolute atomic E-state index is 13.0. The molecule has 15 heavy (non-hydrogen) atoms. The van der Waals surface area contributed by atoms with Gasteiger partial charge >= 0.3 is 0 Å². The molecule has 0 spiro atoms. The largest absolute Gasteiger partial charge is 0.489 e. The zero-order valence-corrected chi connectivity index (χ0v) is 8.41. The average Bonchev–Trinajstić information content (AvgIpc) is 2.73. The summed E-state index contributed by atoms with van der Waals surface area (Å²) in [4.78, 5) is 0. The summed E-state index contributed by atoms with van der Waals surface area (Å²) in [6.07, 6.45) is 2.18. The monoisotopic (exact) mass is 211 g/mol. The van der Waals surface area contributed by atoms with Crippen LogP contribution in [0.15, 0.2) is 18.2 Å². The van der Waals surface area contributed by atoms with Crippen LogP contribution >= 0.6 is 0 Å². The van der Waals surface area contributed by atoms with E-state index in [9.17, 15) is 4.39 Å². The van der Waals surface area contributed by atoms with Crippen molar-refractivity contribution < 1.29 is 13.9 Å². The fourth-order valence-corrected chi connectivity index (χ4v) is 1.60. The van der Waals surface area contributed by atoms with Gasteiger partial charge in [-0.2, -0.15) is 0 Å². The van der Waals surface area contributed by atoms with Gasteiger partial charge in [-0.3, -0.25) is 0 Å². The molecule has 82 valence electrons. The number of ether oxygens (including phenoxy) is 2. The normalized spacial score (nSPS) is 20.5. The molecule has 0 bridgehead atoms. The maximum Gasteiger partial charge on any atom is 0.149 e. The smallest absolute Gasteiger partial charge is 0.149 e. The Kier molecular flexibility index (Phi) is 3.06. The molecule has 1 aromatic carbocycles. The van der Waals surface area contributed by atoms with Crippen molar-refractivity contribution in [1.82, 2.24) is 0 Å². The van der Waals surface area contributed by atoms with Crippen LogP contribution in [0.2, 0.25) is 0 Å². The quantitative estimate of drug-likeness (QED) is 0.777. The van der Waals surface area contributed by atoms with E-state index >= 15 is 0 Å². The Labute approximate surface area is 88.0 Å². The SMILES string of the molecule is Nc1c(F)cccc1OCC1CCCO1. The van der Waals surface area contributed by atoms with E-state index in [0.717, 1.165) is 19.4 Å². The van der Waals surface area contributed by atoms with E-state index in [4.69, 9.17) is 15.2 Å². The lowest BCUT2D eigenvalue weighted by Crippen LogP contribution is -2.16. The topological polar surface area (TPSA) is 44.5 Å². The van der Waals surface area contributed by atoms with Gasteiger partial charge in [-0.25, -0.2) is 4.39 Å². The molecule has 4 heteroatoms. The highest BCUT2D eigenvalue weighted by atomic mass is 19.1. The van der Waals surface area contributed by atoms with Gasteiger partial charge in [0, 0.05) is 6.61 Å². The highest BCUT2D eigenvalue weighted by Crippen LogP contribution is 2.24. The molecule has 2 rings (SSSR count). The Morgan fingerprint density at radius 1 is 1.53 bits per heavy atom. The number of hydrogen-bond donors (Lipinski definition) is 1. The molecule has 1 aliphatic rings. The Morgan fingerprint density at radius 3 is 3.13 bits per heavy atom. The van der Waals surface area contributed by atoms with E-state index in [1.165, 1.54) is 6.07 Å². The first kappa shape index (κ1) is 10.2. The second-order valence-corrected chi connectivity index (χ2v) is 3.60. The van der Waals surface area contributed by atoms with Crippen LogP contribution in [0.3, 0.4) is 0 Å². The van der Waals surface area contributed by atoms with Gasteiger partial charge in [0.1, 0.15) is 23.9 Å². The molecular formula is C11H14FNO2. The summed E-state index contributed by atoms with van der Waals surface area (Å²) in [5.41, 5.74) is 5.59. The molecule has 1 aliphatic heterocycles. The standard InChI is InChI=1S/C11H14FNO2/c12-9-4-1-5-10(11(9)13)15-7-8-3-2-6-14-8/h1,4-5,8H,2-3,6-7,13H2. The summed E-state index contributed by atoms with van der Waals surface area (Å²) >= 11 is 0. The third-order valence-corrected chi connectivity index (χ3v) is 2.46. The first-order valence-electron chi connectivity index (χ1n) is 5.06. The highest BCUT2D eigenvalue weighted by molar-refractivity contribution is 5.53. The maximum atomic E-state index is 13.0. The number of benzene rings is 1. The number of nitrogen functional groups attached to an aromatic ring is 1. The lowest BCUT2D eigenvalue weighted by atomic mass is 10.2. The second kappa shape index (κ2) is 4.49. The van der Waals surface area contributed by atoms with Crippen LogP contribution in [0.1, 0.15) is 12.8 Å². The highest BCUT2D eigenvalue weighted by Gasteiger charge is 2.16. The number of rotatable bonds is 3. The van der Waals surface area contributed by atoms with Crippen molar-refractivity contribution in [3.63, 3.8) is 0 Å². The van der Waals surface area contributed by atoms with Crippen molar-refractivity contribution in [1.29, 1.82) is 0 Å². The van der Waals surface area contributed by atoms with Crippen LogP contribution < -0.4 is 10.5 Å². The van der Waals surface area contributed by atoms with Crippen molar-refractivity contribution in [2.24, 2.45) is 0 Å². The number of halogens is 1. The molecule has 1 unspecified atom stereocenters. The molecular weight excluding hydrogens is 197 g/mol.